The second-order valence-electron chi connectivity index (χ2n) is 7.15. The molecule has 32 heavy (non-hydrogen) atoms. The first-order chi connectivity index (χ1) is 15.6. The Hall–Kier alpha value is -3.23. The van der Waals surface area contributed by atoms with E-state index in [9.17, 15) is 9.59 Å². The molecule has 2 heterocycles. The molecule has 7 nitrogen and oxygen atoms in total. The first-order valence-corrected chi connectivity index (χ1v) is 11.0. The summed E-state index contributed by atoms with van der Waals surface area (Å²) in [6, 6.07) is 17.5. The molecule has 0 saturated carbocycles. The average Bonchev–Trinajstić information content (AvgIpc) is 3.27. The lowest BCUT2D eigenvalue weighted by atomic mass is 10.1. The summed E-state index contributed by atoms with van der Waals surface area (Å²) in [6.45, 7) is 1.75. The minimum absolute atomic E-state index is 0.220. The second kappa shape index (κ2) is 10.4. The number of morpholine rings is 1. The molecule has 0 unspecified atom stereocenters. The molecule has 1 aliphatic rings. The summed E-state index contributed by atoms with van der Waals surface area (Å²) in [6.07, 6.45) is 4.84. The van der Waals surface area contributed by atoms with Crippen LogP contribution in [0, 0.1) is 0 Å². The molecule has 1 aromatic heterocycles. The van der Waals surface area contributed by atoms with Crippen LogP contribution in [0.5, 0.6) is 0 Å². The van der Waals surface area contributed by atoms with Crippen LogP contribution in [0.1, 0.15) is 5.56 Å². The Kier molecular flexibility index (Phi) is 7.14. The van der Waals surface area contributed by atoms with Gasteiger partial charge >= 0.3 is 5.97 Å². The lowest BCUT2D eigenvalue weighted by molar-refractivity contribution is -0.150. The van der Waals surface area contributed by atoms with E-state index < -0.39 is 5.97 Å². The summed E-state index contributed by atoms with van der Waals surface area (Å²) >= 11 is 3.45. The minimum atomic E-state index is -0.583. The highest BCUT2D eigenvalue weighted by Gasteiger charge is 2.18. The van der Waals surface area contributed by atoms with Crippen molar-refractivity contribution in [3.63, 3.8) is 0 Å². The van der Waals surface area contributed by atoms with Crippen LogP contribution in [0.25, 0.3) is 23.0 Å². The lowest BCUT2D eigenvalue weighted by Gasteiger charge is -2.26. The molecule has 2 aromatic carbocycles. The number of hydrogen-bond acceptors (Lipinski definition) is 5. The fraction of sp³-hybridized carbons (Fsp3) is 0.208. The van der Waals surface area contributed by atoms with E-state index in [2.05, 4.69) is 15.9 Å². The topological polar surface area (TPSA) is 73.7 Å². The van der Waals surface area contributed by atoms with E-state index in [-0.39, 0.29) is 12.5 Å². The van der Waals surface area contributed by atoms with Crippen molar-refractivity contribution in [2.75, 3.05) is 32.9 Å². The molecule has 0 spiro atoms. The molecular formula is C24H22BrN3O4. The van der Waals surface area contributed by atoms with Gasteiger partial charge in [0.25, 0.3) is 5.91 Å². The molecule has 0 N–H and O–H groups in total. The maximum Gasteiger partial charge on any atom is 0.331 e. The van der Waals surface area contributed by atoms with Crippen LogP contribution >= 0.6 is 15.9 Å². The van der Waals surface area contributed by atoms with Crippen molar-refractivity contribution < 1.29 is 19.1 Å². The molecule has 1 fully saturated rings. The van der Waals surface area contributed by atoms with Gasteiger partial charge in [-0.25, -0.2) is 9.48 Å². The molecule has 1 saturated heterocycles. The minimum Gasteiger partial charge on any atom is -0.452 e. The third kappa shape index (κ3) is 5.52. The van der Waals surface area contributed by atoms with Crippen molar-refractivity contribution in [3.8, 4) is 16.9 Å². The maximum atomic E-state index is 12.2. The second-order valence-corrected chi connectivity index (χ2v) is 8.07. The van der Waals surface area contributed by atoms with Crippen molar-refractivity contribution in [1.82, 2.24) is 14.7 Å². The molecular weight excluding hydrogens is 474 g/mol. The van der Waals surface area contributed by atoms with Crippen molar-refractivity contribution in [2.45, 2.75) is 0 Å². The molecule has 0 bridgehead atoms. The van der Waals surface area contributed by atoms with Gasteiger partial charge in [0.15, 0.2) is 6.61 Å². The fourth-order valence-corrected chi connectivity index (χ4v) is 3.56. The highest BCUT2D eigenvalue weighted by Crippen LogP contribution is 2.26. The summed E-state index contributed by atoms with van der Waals surface area (Å²) in [5, 5.41) is 4.72. The van der Waals surface area contributed by atoms with Crippen LogP contribution in [0.4, 0.5) is 0 Å². The summed E-state index contributed by atoms with van der Waals surface area (Å²) in [7, 11) is 0. The monoisotopic (exact) mass is 495 g/mol. The normalized spacial score (nSPS) is 14.0. The Morgan fingerprint density at radius 1 is 1.06 bits per heavy atom. The number of benzene rings is 2. The predicted octanol–water partition coefficient (Wildman–Crippen LogP) is 3.72. The molecule has 3 aromatic rings. The van der Waals surface area contributed by atoms with Gasteiger partial charge in [0, 0.05) is 41.0 Å². The smallest absolute Gasteiger partial charge is 0.331 e. The highest BCUT2D eigenvalue weighted by atomic mass is 79.9. The van der Waals surface area contributed by atoms with Crippen LogP contribution in [-0.4, -0.2) is 59.5 Å². The van der Waals surface area contributed by atoms with E-state index in [0.29, 0.717) is 26.3 Å². The van der Waals surface area contributed by atoms with E-state index in [4.69, 9.17) is 14.6 Å². The van der Waals surface area contributed by atoms with Crippen molar-refractivity contribution >= 4 is 33.9 Å². The molecule has 0 radical (unpaired) electrons. The number of aromatic nitrogens is 2. The fourth-order valence-electron chi connectivity index (χ4n) is 3.30. The number of rotatable bonds is 6. The van der Waals surface area contributed by atoms with Gasteiger partial charge in [0.1, 0.15) is 0 Å². The number of esters is 1. The van der Waals surface area contributed by atoms with Crippen LogP contribution in [0.2, 0.25) is 0 Å². The van der Waals surface area contributed by atoms with E-state index in [1.54, 1.807) is 15.7 Å². The number of nitrogens with zero attached hydrogens (tertiary/aromatic N) is 3. The van der Waals surface area contributed by atoms with Crippen LogP contribution in [0.3, 0.4) is 0 Å². The zero-order chi connectivity index (χ0) is 22.3. The maximum absolute atomic E-state index is 12.2. The Morgan fingerprint density at radius 2 is 1.78 bits per heavy atom. The Bertz CT molecular complexity index is 1100. The molecule has 8 heteroatoms. The van der Waals surface area contributed by atoms with Gasteiger partial charge in [-0.1, -0.05) is 46.3 Å². The number of ether oxygens (including phenoxy) is 2. The van der Waals surface area contributed by atoms with E-state index in [1.807, 2.05) is 60.8 Å². The molecule has 1 amide bonds. The summed E-state index contributed by atoms with van der Waals surface area (Å²) in [4.78, 5) is 26.0. The molecule has 4 rings (SSSR count). The van der Waals surface area contributed by atoms with Gasteiger partial charge < -0.3 is 14.4 Å². The predicted molar refractivity (Wildman–Crippen MR) is 124 cm³/mol. The van der Waals surface area contributed by atoms with Crippen LogP contribution < -0.4 is 0 Å². The number of halogens is 1. The SMILES string of the molecule is O=C(/C=C/c1cn(-c2ccccc2)nc1-c1ccc(Br)cc1)OCC(=O)N1CCOCC1. The standard InChI is InChI=1S/C24H22BrN3O4/c25-20-9-6-18(7-10-20)24-19(16-28(26-24)21-4-2-1-3-5-21)8-11-23(30)32-17-22(29)27-12-14-31-15-13-27/h1-11,16H,12-15,17H2/b11-8+. The van der Waals surface area contributed by atoms with E-state index >= 15 is 0 Å². The zero-order valence-corrected chi connectivity index (χ0v) is 18.9. The van der Waals surface area contributed by atoms with Crippen molar-refractivity contribution in [2.24, 2.45) is 0 Å². The summed E-state index contributed by atoms with van der Waals surface area (Å²) in [5.74, 6) is -0.802. The van der Waals surface area contributed by atoms with Crippen LogP contribution in [-0.2, 0) is 19.1 Å². The Balaban J connectivity index is 1.50. The van der Waals surface area contributed by atoms with Gasteiger partial charge in [-0.15, -0.1) is 0 Å². The lowest BCUT2D eigenvalue weighted by Crippen LogP contribution is -2.42. The first-order valence-electron chi connectivity index (χ1n) is 10.2. The number of carbonyl (C=O) groups is 2. The van der Waals surface area contributed by atoms with Gasteiger partial charge in [-0.05, 0) is 30.3 Å². The average molecular weight is 496 g/mol. The molecule has 0 atom stereocenters. The van der Waals surface area contributed by atoms with Gasteiger partial charge in [-0.2, -0.15) is 5.10 Å². The molecule has 0 aliphatic carbocycles. The van der Waals surface area contributed by atoms with Gasteiger partial charge in [-0.3, -0.25) is 4.79 Å². The number of para-hydroxylation sites is 1. The zero-order valence-electron chi connectivity index (χ0n) is 17.3. The third-order valence-electron chi connectivity index (χ3n) is 4.98. The van der Waals surface area contributed by atoms with Gasteiger partial charge in [0.05, 0.1) is 24.6 Å². The number of carbonyl (C=O) groups excluding carboxylic acids is 2. The Labute approximate surface area is 194 Å². The summed E-state index contributed by atoms with van der Waals surface area (Å²) < 4.78 is 13.1. The quantitative estimate of drug-likeness (QED) is 0.384. The van der Waals surface area contributed by atoms with Crippen molar-refractivity contribution in [1.29, 1.82) is 0 Å². The number of amides is 1. The highest BCUT2D eigenvalue weighted by molar-refractivity contribution is 9.10. The van der Waals surface area contributed by atoms with Crippen LogP contribution in [0.15, 0.2) is 71.3 Å². The summed E-state index contributed by atoms with van der Waals surface area (Å²) in [5.41, 5.74) is 3.31. The van der Waals surface area contributed by atoms with Crippen molar-refractivity contribution in [3.05, 3.63) is 76.9 Å². The first kappa shape index (κ1) is 22.0. The largest absolute Gasteiger partial charge is 0.452 e. The van der Waals surface area contributed by atoms with E-state index in [0.717, 1.165) is 27.0 Å². The Morgan fingerprint density at radius 3 is 2.50 bits per heavy atom. The third-order valence-corrected chi connectivity index (χ3v) is 5.51. The van der Waals surface area contributed by atoms with Gasteiger partial charge in [0.2, 0.25) is 0 Å². The molecule has 1 aliphatic heterocycles. The van der Waals surface area contributed by atoms with E-state index in [1.165, 1.54) is 6.08 Å². The number of hydrogen-bond donors (Lipinski definition) is 0. The molecule has 164 valence electrons.